The van der Waals surface area contributed by atoms with Crippen molar-refractivity contribution < 1.29 is 19.1 Å². The first-order valence-corrected chi connectivity index (χ1v) is 14.1. The summed E-state index contributed by atoms with van der Waals surface area (Å²) in [5.41, 5.74) is 2.53. The first-order chi connectivity index (χ1) is 19.3. The second kappa shape index (κ2) is 13.5. The molecular formula is C34H43N3O4. The van der Waals surface area contributed by atoms with E-state index in [0.29, 0.717) is 17.7 Å². The number of ether oxygens (including phenoxy) is 1. The van der Waals surface area contributed by atoms with Crippen LogP contribution in [-0.2, 0) is 14.3 Å². The molecule has 7 heteroatoms. The quantitative estimate of drug-likeness (QED) is 0.261. The zero-order valence-corrected chi connectivity index (χ0v) is 25.3. The lowest BCUT2D eigenvalue weighted by molar-refractivity contribution is -0.140. The fourth-order valence-corrected chi connectivity index (χ4v) is 4.87. The van der Waals surface area contributed by atoms with Crippen LogP contribution in [0.4, 0.5) is 10.5 Å². The van der Waals surface area contributed by atoms with Gasteiger partial charge in [-0.05, 0) is 81.0 Å². The van der Waals surface area contributed by atoms with Crippen molar-refractivity contribution in [2.24, 2.45) is 5.92 Å². The van der Waals surface area contributed by atoms with Gasteiger partial charge in [-0.1, -0.05) is 74.0 Å². The number of nitrogens with one attached hydrogen (secondary N) is 2. The normalized spacial score (nSPS) is 12.9. The summed E-state index contributed by atoms with van der Waals surface area (Å²) in [6.45, 7) is 17.1. The highest BCUT2D eigenvalue weighted by Crippen LogP contribution is 2.29. The van der Waals surface area contributed by atoms with Gasteiger partial charge in [0, 0.05) is 12.2 Å². The third-order valence-electron chi connectivity index (χ3n) is 6.60. The number of benzene rings is 3. The predicted molar refractivity (Wildman–Crippen MR) is 166 cm³/mol. The zero-order valence-electron chi connectivity index (χ0n) is 25.3. The Morgan fingerprint density at radius 1 is 0.976 bits per heavy atom. The summed E-state index contributed by atoms with van der Waals surface area (Å²) in [5, 5.41) is 7.86. The molecule has 0 bridgehead atoms. The molecule has 41 heavy (non-hydrogen) atoms. The Kier molecular flexibility index (Phi) is 10.3. The maximum Gasteiger partial charge on any atom is 0.408 e. The molecule has 0 aromatic heterocycles. The van der Waals surface area contributed by atoms with E-state index in [0.717, 1.165) is 21.9 Å². The first kappa shape index (κ1) is 31.4. The molecular weight excluding hydrogens is 514 g/mol. The summed E-state index contributed by atoms with van der Waals surface area (Å²) in [5.74, 6) is -0.651. The van der Waals surface area contributed by atoms with Crippen molar-refractivity contribution in [1.29, 1.82) is 0 Å². The number of carbonyl (C=O) groups excluding carboxylic acids is 3. The monoisotopic (exact) mass is 557 g/mol. The van der Waals surface area contributed by atoms with E-state index < -0.39 is 23.8 Å². The molecule has 0 fully saturated rings. The smallest absolute Gasteiger partial charge is 0.408 e. The number of aryl methyl sites for hydroxylation is 2. The Balaban J connectivity index is 2.04. The van der Waals surface area contributed by atoms with Crippen molar-refractivity contribution in [3.05, 3.63) is 90.0 Å². The average molecular weight is 558 g/mol. The number of carbonyl (C=O) groups is 3. The number of rotatable bonds is 10. The molecule has 2 unspecified atom stereocenters. The van der Waals surface area contributed by atoms with E-state index in [1.165, 1.54) is 4.90 Å². The molecule has 3 aromatic rings. The second-order valence-corrected chi connectivity index (χ2v) is 11.9. The third-order valence-corrected chi connectivity index (χ3v) is 6.60. The van der Waals surface area contributed by atoms with Gasteiger partial charge in [0.1, 0.15) is 17.7 Å². The number of hydrogen-bond donors (Lipinski definition) is 2. The van der Waals surface area contributed by atoms with Gasteiger partial charge in [-0.3, -0.25) is 9.59 Å². The van der Waals surface area contributed by atoms with Gasteiger partial charge in [0.2, 0.25) is 5.91 Å². The molecule has 0 heterocycles. The van der Waals surface area contributed by atoms with Gasteiger partial charge < -0.3 is 20.3 Å². The van der Waals surface area contributed by atoms with Crippen LogP contribution in [0.3, 0.4) is 0 Å². The van der Waals surface area contributed by atoms with Crippen LogP contribution in [-0.4, -0.2) is 41.0 Å². The van der Waals surface area contributed by atoms with E-state index in [2.05, 4.69) is 17.2 Å². The number of hydrogen-bond acceptors (Lipinski definition) is 4. The van der Waals surface area contributed by atoms with Crippen LogP contribution >= 0.6 is 0 Å². The van der Waals surface area contributed by atoms with Gasteiger partial charge in [0.15, 0.2) is 0 Å². The Hall–Kier alpha value is -4.13. The first-order valence-electron chi connectivity index (χ1n) is 14.1. The molecule has 0 saturated heterocycles. The van der Waals surface area contributed by atoms with Crippen molar-refractivity contribution >= 4 is 34.4 Å². The molecule has 7 nitrogen and oxygen atoms in total. The van der Waals surface area contributed by atoms with Crippen LogP contribution in [0.15, 0.2) is 73.3 Å². The summed E-state index contributed by atoms with van der Waals surface area (Å²) in [7, 11) is 0. The van der Waals surface area contributed by atoms with E-state index in [9.17, 15) is 14.4 Å². The van der Waals surface area contributed by atoms with Crippen molar-refractivity contribution in [3.8, 4) is 0 Å². The summed E-state index contributed by atoms with van der Waals surface area (Å²) in [4.78, 5) is 42.6. The maximum absolute atomic E-state index is 14.2. The van der Waals surface area contributed by atoms with Gasteiger partial charge in [0.25, 0.3) is 5.91 Å². The van der Waals surface area contributed by atoms with Crippen molar-refractivity contribution in [2.75, 3.05) is 11.9 Å². The molecule has 0 aliphatic carbocycles. The SMILES string of the molecule is C=CCN(C(=O)C(CC(C)C)NC(=O)OC(C)(C)C)C(C(=O)Nc1ccc2ccccc2c1)c1ccc(C)cc1C. The minimum atomic E-state index is -0.970. The lowest BCUT2D eigenvalue weighted by Crippen LogP contribution is -2.53. The van der Waals surface area contributed by atoms with Crippen LogP contribution in [0.25, 0.3) is 10.8 Å². The van der Waals surface area contributed by atoms with E-state index in [1.807, 2.05) is 88.4 Å². The molecule has 218 valence electrons. The van der Waals surface area contributed by atoms with Gasteiger partial charge >= 0.3 is 6.09 Å². The summed E-state index contributed by atoms with van der Waals surface area (Å²) in [6.07, 6.45) is 1.29. The van der Waals surface area contributed by atoms with Gasteiger partial charge in [0.05, 0.1) is 0 Å². The van der Waals surface area contributed by atoms with E-state index in [4.69, 9.17) is 4.74 Å². The molecule has 0 spiro atoms. The average Bonchev–Trinajstić information content (AvgIpc) is 2.87. The molecule has 0 radical (unpaired) electrons. The number of alkyl carbamates (subject to hydrolysis) is 1. The number of nitrogens with zero attached hydrogens (tertiary/aromatic N) is 1. The molecule has 0 aliphatic heterocycles. The Labute approximate surface area is 244 Å². The highest BCUT2D eigenvalue weighted by molar-refractivity contribution is 6.00. The van der Waals surface area contributed by atoms with Crippen LogP contribution in [0.5, 0.6) is 0 Å². The molecule has 0 saturated carbocycles. The minimum Gasteiger partial charge on any atom is -0.444 e. The highest BCUT2D eigenvalue weighted by Gasteiger charge is 2.36. The van der Waals surface area contributed by atoms with E-state index in [-0.39, 0.29) is 24.3 Å². The number of amides is 3. The van der Waals surface area contributed by atoms with Crippen molar-refractivity contribution in [3.63, 3.8) is 0 Å². The number of anilines is 1. The molecule has 3 aromatic carbocycles. The van der Waals surface area contributed by atoms with Gasteiger partial charge in [-0.25, -0.2) is 4.79 Å². The minimum absolute atomic E-state index is 0.0930. The van der Waals surface area contributed by atoms with Crippen LogP contribution < -0.4 is 10.6 Å². The van der Waals surface area contributed by atoms with Crippen molar-refractivity contribution in [2.45, 2.75) is 72.6 Å². The summed E-state index contributed by atoms with van der Waals surface area (Å²) >= 11 is 0. The van der Waals surface area contributed by atoms with Crippen LogP contribution in [0.2, 0.25) is 0 Å². The second-order valence-electron chi connectivity index (χ2n) is 11.9. The van der Waals surface area contributed by atoms with Crippen LogP contribution in [0.1, 0.15) is 63.8 Å². The summed E-state index contributed by atoms with van der Waals surface area (Å²) in [6, 6.07) is 17.6. The highest BCUT2D eigenvalue weighted by atomic mass is 16.6. The largest absolute Gasteiger partial charge is 0.444 e. The van der Waals surface area contributed by atoms with Crippen molar-refractivity contribution in [1.82, 2.24) is 10.2 Å². The molecule has 3 rings (SSSR count). The molecule has 3 amide bonds. The Morgan fingerprint density at radius 2 is 1.66 bits per heavy atom. The maximum atomic E-state index is 14.2. The molecule has 2 N–H and O–H groups in total. The van der Waals surface area contributed by atoms with E-state index >= 15 is 0 Å². The third kappa shape index (κ3) is 8.68. The Morgan fingerprint density at radius 3 is 2.27 bits per heavy atom. The fourth-order valence-electron chi connectivity index (χ4n) is 4.87. The van der Waals surface area contributed by atoms with E-state index in [1.54, 1.807) is 26.8 Å². The topological polar surface area (TPSA) is 87.7 Å². The Bertz CT molecular complexity index is 1410. The summed E-state index contributed by atoms with van der Waals surface area (Å²) < 4.78 is 5.46. The molecule has 0 aliphatic rings. The van der Waals surface area contributed by atoms with Gasteiger partial charge in [-0.2, -0.15) is 0 Å². The predicted octanol–water partition coefficient (Wildman–Crippen LogP) is 7.09. The lowest BCUT2D eigenvalue weighted by atomic mass is 9.95. The van der Waals surface area contributed by atoms with Gasteiger partial charge in [-0.15, -0.1) is 6.58 Å². The zero-order chi connectivity index (χ0) is 30.3. The lowest BCUT2D eigenvalue weighted by Gasteiger charge is -2.35. The fraction of sp³-hybridized carbons (Fsp3) is 0.382. The standard InChI is InChI=1S/C34H43N3O4/c1-9-18-37(32(39)29(19-22(2)3)36-33(40)41-34(6,7)8)30(28-17-14-23(4)20-24(28)5)31(38)35-27-16-15-25-12-10-11-13-26(25)21-27/h9-17,20-22,29-30H,1,18-19H2,2-8H3,(H,35,38)(H,36,40). The molecule has 2 atom stereocenters. The van der Waals surface area contributed by atoms with Crippen LogP contribution in [0, 0.1) is 19.8 Å². The number of fused-ring (bicyclic) bond motifs is 1.